The van der Waals surface area contributed by atoms with Crippen LogP contribution in [-0.4, -0.2) is 43.0 Å². The fraction of sp³-hybridized carbons (Fsp3) is 0.571. The minimum absolute atomic E-state index is 0.0695. The molecule has 1 atom stereocenters. The molecule has 1 aromatic rings. The lowest BCUT2D eigenvalue weighted by Gasteiger charge is -2.31. The molecule has 0 spiro atoms. The van der Waals surface area contributed by atoms with Crippen LogP contribution in [-0.2, 0) is 11.3 Å². The molecule has 2 N–H and O–H groups in total. The fourth-order valence-corrected chi connectivity index (χ4v) is 2.73. The number of piperidine rings is 1. The summed E-state index contributed by atoms with van der Waals surface area (Å²) >= 11 is 6.20. The first-order valence-corrected chi connectivity index (χ1v) is 7.29. The third kappa shape index (κ3) is 3.61. The van der Waals surface area contributed by atoms with Crippen molar-refractivity contribution in [2.24, 2.45) is 5.92 Å². The smallest absolute Gasteiger partial charge is 0.224 e. The minimum Gasteiger partial charge on any atom is -0.373 e. The molecule has 0 aliphatic carbocycles. The largest absolute Gasteiger partial charge is 0.373 e. The lowest BCUT2D eigenvalue weighted by Crippen LogP contribution is -2.41. The van der Waals surface area contributed by atoms with Crippen molar-refractivity contribution in [2.45, 2.75) is 19.4 Å². The van der Waals surface area contributed by atoms with Gasteiger partial charge in [0.05, 0.1) is 16.6 Å². The highest BCUT2D eigenvalue weighted by Crippen LogP contribution is 2.22. The molecule has 1 aromatic heterocycles. The number of pyridine rings is 1. The number of amides is 1. The molecule has 0 aromatic carbocycles. The quantitative estimate of drug-likeness (QED) is 0.888. The zero-order chi connectivity index (χ0) is 14.5. The summed E-state index contributed by atoms with van der Waals surface area (Å²) < 4.78 is 0. The molecule has 2 heterocycles. The standard InChI is InChI=1S/C14H21ClN4O/c1-16-13-6-5-11(15)12(18-13)9-19-7-3-4-10(8-19)14(20)17-2/h5-6,10H,3-4,7-9H2,1-2H3,(H,16,18)(H,17,20). The molecular weight excluding hydrogens is 276 g/mol. The number of hydrogen-bond acceptors (Lipinski definition) is 4. The van der Waals surface area contributed by atoms with E-state index >= 15 is 0 Å². The van der Waals surface area contributed by atoms with Gasteiger partial charge in [0.1, 0.15) is 5.82 Å². The molecule has 0 radical (unpaired) electrons. The Hall–Kier alpha value is -1.33. The Morgan fingerprint density at radius 1 is 1.50 bits per heavy atom. The molecular formula is C14H21ClN4O. The first-order valence-electron chi connectivity index (χ1n) is 6.91. The Kier molecular flexibility index (Phi) is 5.20. The summed E-state index contributed by atoms with van der Waals surface area (Å²) in [5.41, 5.74) is 0.857. The van der Waals surface area contributed by atoms with Gasteiger partial charge in [0.2, 0.25) is 5.91 Å². The van der Waals surface area contributed by atoms with Crippen LogP contribution in [0.1, 0.15) is 18.5 Å². The topological polar surface area (TPSA) is 57.3 Å². The highest BCUT2D eigenvalue weighted by atomic mass is 35.5. The normalized spacial score (nSPS) is 19.6. The predicted molar refractivity (Wildman–Crippen MR) is 80.9 cm³/mol. The maximum Gasteiger partial charge on any atom is 0.224 e. The Balaban J connectivity index is 2.04. The third-order valence-corrected chi connectivity index (χ3v) is 4.01. The van der Waals surface area contributed by atoms with E-state index in [0.717, 1.165) is 37.4 Å². The third-order valence-electron chi connectivity index (χ3n) is 3.67. The number of halogens is 1. The maximum absolute atomic E-state index is 11.7. The molecule has 20 heavy (non-hydrogen) atoms. The van der Waals surface area contributed by atoms with Crippen LogP contribution in [0.5, 0.6) is 0 Å². The van der Waals surface area contributed by atoms with Crippen LogP contribution in [0.15, 0.2) is 12.1 Å². The van der Waals surface area contributed by atoms with Gasteiger partial charge < -0.3 is 10.6 Å². The molecule has 1 saturated heterocycles. The number of nitrogens with zero attached hydrogens (tertiary/aromatic N) is 2. The first-order chi connectivity index (χ1) is 9.63. The number of hydrogen-bond donors (Lipinski definition) is 2. The fourth-order valence-electron chi connectivity index (χ4n) is 2.56. The van der Waals surface area contributed by atoms with E-state index < -0.39 is 0 Å². The number of rotatable bonds is 4. The number of carbonyl (C=O) groups excluding carboxylic acids is 1. The second kappa shape index (κ2) is 6.90. The first kappa shape index (κ1) is 15.1. The van der Waals surface area contributed by atoms with Gasteiger partial charge in [-0.05, 0) is 31.5 Å². The Labute approximate surface area is 124 Å². The second-order valence-electron chi connectivity index (χ2n) is 5.06. The predicted octanol–water partition coefficient (Wildman–Crippen LogP) is 1.73. The van der Waals surface area contributed by atoms with Gasteiger partial charge >= 0.3 is 0 Å². The highest BCUT2D eigenvalue weighted by molar-refractivity contribution is 6.31. The van der Waals surface area contributed by atoms with Crippen LogP contribution in [0, 0.1) is 5.92 Å². The molecule has 5 nitrogen and oxygen atoms in total. The van der Waals surface area contributed by atoms with Crippen molar-refractivity contribution in [1.29, 1.82) is 0 Å². The van der Waals surface area contributed by atoms with Crippen molar-refractivity contribution < 1.29 is 4.79 Å². The van der Waals surface area contributed by atoms with E-state index in [4.69, 9.17) is 11.6 Å². The summed E-state index contributed by atoms with van der Waals surface area (Å²) in [6.45, 7) is 2.43. The van der Waals surface area contributed by atoms with E-state index in [1.807, 2.05) is 19.2 Å². The number of aromatic nitrogens is 1. The van der Waals surface area contributed by atoms with Gasteiger partial charge in [-0.15, -0.1) is 0 Å². The van der Waals surface area contributed by atoms with Crippen molar-refractivity contribution in [1.82, 2.24) is 15.2 Å². The molecule has 0 saturated carbocycles. The van der Waals surface area contributed by atoms with Gasteiger partial charge in [-0.1, -0.05) is 11.6 Å². The molecule has 110 valence electrons. The van der Waals surface area contributed by atoms with Gasteiger partial charge in [0, 0.05) is 27.2 Å². The van der Waals surface area contributed by atoms with Crippen molar-refractivity contribution in [3.8, 4) is 0 Å². The summed E-state index contributed by atoms with van der Waals surface area (Å²) in [6.07, 6.45) is 1.98. The number of nitrogens with one attached hydrogen (secondary N) is 2. The average Bonchev–Trinajstić information content (AvgIpc) is 2.49. The monoisotopic (exact) mass is 296 g/mol. The Bertz CT molecular complexity index is 480. The number of likely N-dealkylation sites (tertiary alicyclic amines) is 1. The van der Waals surface area contributed by atoms with Crippen LogP contribution in [0.25, 0.3) is 0 Å². The number of carbonyl (C=O) groups is 1. The molecule has 1 unspecified atom stereocenters. The van der Waals surface area contributed by atoms with Gasteiger partial charge in [-0.25, -0.2) is 4.98 Å². The Morgan fingerprint density at radius 3 is 3.00 bits per heavy atom. The van der Waals surface area contributed by atoms with Gasteiger partial charge in [-0.3, -0.25) is 9.69 Å². The molecule has 1 aliphatic heterocycles. The second-order valence-corrected chi connectivity index (χ2v) is 5.47. The maximum atomic E-state index is 11.7. The van der Waals surface area contributed by atoms with E-state index in [-0.39, 0.29) is 11.8 Å². The highest BCUT2D eigenvalue weighted by Gasteiger charge is 2.25. The van der Waals surface area contributed by atoms with Crippen LogP contribution in [0.4, 0.5) is 5.82 Å². The molecule has 1 fully saturated rings. The van der Waals surface area contributed by atoms with Crippen LogP contribution < -0.4 is 10.6 Å². The average molecular weight is 297 g/mol. The number of anilines is 1. The van der Waals surface area contributed by atoms with Crippen molar-refractivity contribution in [2.75, 3.05) is 32.5 Å². The summed E-state index contributed by atoms with van der Waals surface area (Å²) in [4.78, 5) is 18.5. The lowest BCUT2D eigenvalue weighted by atomic mass is 9.97. The summed E-state index contributed by atoms with van der Waals surface area (Å²) in [5.74, 6) is 1.00. The minimum atomic E-state index is 0.0695. The Morgan fingerprint density at radius 2 is 2.30 bits per heavy atom. The van der Waals surface area contributed by atoms with E-state index in [0.29, 0.717) is 11.6 Å². The summed E-state index contributed by atoms with van der Waals surface area (Å²) in [5, 5.41) is 6.42. The van der Waals surface area contributed by atoms with Crippen LogP contribution in [0.2, 0.25) is 5.02 Å². The van der Waals surface area contributed by atoms with E-state index in [1.54, 1.807) is 7.05 Å². The molecule has 1 amide bonds. The zero-order valence-electron chi connectivity index (χ0n) is 11.9. The van der Waals surface area contributed by atoms with Crippen molar-refractivity contribution in [3.05, 3.63) is 22.8 Å². The van der Waals surface area contributed by atoms with Crippen LogP contribution in [0.3, 0.4) is 0 Å². The molecule has 6 heteroatoms. The summed E-state index contributed by atoms with van der Waals surface area (Å²) in [6, 6.07) is 3.71. The SMILES string of the molecule is CNC(=O)C1CCCN(Cc2nc(NC)ccc2Cl)C1. The zero-order valence-corrected chi connectivity index (χ0v) is 12.7. The van der Waals surface area contributed by atoms with Crippen molar-refractivity contribution in [3.63, 3.8) is 0 Å². The van der Waals surface area contributed by atoms with Crippen LogP contribution >= 0.6 is 11.6 Å². The van der Waals surface area contributed by atoms with E-state index in [2.05, 4.69) is 20.5 Å². The molecule has 0 bridgehead atoms. The van der Waals surface area contributed by atoms with Crippen molar-refractivity contribution >= 4 is 23.3 Å². The summed E-state index contributed by atoms with van der Waals surface area (Å²) in [7, 11) is 3.53. The lowest BCUT2D eigenvalue weighted by molar-refractivity contribution is -0.126. The van der Waals surface area contributed by atoms with E-state index in [1.165, 1.54) is 0 Å². The molecule has 1 aliphatic rings. The van der Waals surface area contributed by atoms with Gasteiger partial charge in [-0.2, -0.15) is 0 Å². The van der Waals surface area contributed by atoms with Gasteiger partial charge in [0.25, 0.3) is 0 Å². The van der Waals surface area contributed by atoms with Gasteiger partial charge in [0.15, 0.2) is 0 Å². The molecule has 2 rings (SSSR count). The van der Waals surface area contributed by atoms with E-state index in [9.17, 15) is 4.79 Å².